The molecule has 0 radical (unpaired) electrons. The Kier molecular flexibility index (Phi) is 5.13. The maximum absolute atomic E-state index is 9.37. The molecule has 1 aliphatic carbocycles. The smallest absolute Gasteiger partial charge is 0.107 e. The van der Waals surface area contributed by atoms with Crippen LogP contribution in [-0.2, 0) is 0 Å². The molecule has 0 aliphatic heterocycles. The number of aliphatic hydroxyl groups is 4. The van der Waals surface area contributed by atoms with Crippen molar-refractivity contribution in [3.63, 3.8) is 0 Å². The van der Waals surface area contributed by atoms with Crippen LogP contribution in [0.4, 0.5) is 0 Å². The van der Waals surface area contributed by atoms with Crippen LogP contribution in [0.1, 0.15) is 6.42 Å². The highest BCUT2D eigenvalue weighted by molar-refractivity contribution is 4.91. The van der Waals surface area contributed by atoms with Crippen molar-refractivity contribution in [2.45, 2.75) is 30.8 Å². The first-order valence-electron chi connectivity index (χ1n) is 4.06. The van der Waals surface area contributed by atoms with Gasteiger partial charge < -0.3 is 38.6 Å². The average molecular weight is 214 g/mol. The number of hydrogen-bond acceptors (Lipinski definition) is 4. The van der Waals surface area contributed by atoms with Crippen molar-refractivity contribution in [3.05, 3.63) is 0 Å². The van der Waals surface area contributed by atoms with E-state index >= 15 is 0 Å². The van der Waals surface area contributed by atoms with Crippen LogP contribution >= 0.6 is 0 Å². The third-order valence-electron chi connectivity index (χ3n) is 2.54. The van der Waals surface area contributed by atoms with Crippen molar-refractivity contribution in [1.29, 1.82) is 0 Å². The number of rotatable bonds is 1. The maximum Gasteiger partial charge on any atom is 0.107 e. The fourth-order valence-electron chi connectivity index (χ4n) is 1.64. The van der Waals surface area contributed by atoms with E-state index in [4.69, 9.17) is 5.11 Å². The first kappa shape index (κ1) is 13.1. The average Bonchev–Trinajstić information content (AvgIpc) is 2.01. The molecule has 5 atom stereocenters. The van der Waals surface area contributed by atoms with Gasteiger partial charge in [-0.15, -0.1) is 0 Å². The second kappa shape index (κ2) is 5.09. The predicted molar refractivity (Wildman–Crippen MR) is 39.9 cm³/mol. The van der Waals surface area contributed by atoms with Crippen molar-refractivity contribution in [2.75, 3.05) is 6.61 Å². The molecule has 0 aromatic rings. The van der Waals surface area contributed by atoms with Gasteiger partial charge in [-0.05, 0) is 0 Å². The van der Waals surface area contributed by atoms with Gasteiger partial charge in [0.15, 0.2) is 0 Å². The Hall–Kier alpha value is 0.0900. The molecule has 7 N–H and O–H groups in total. The summed E-state index contributed by atoms with van der Waals surface area (Å²) in [5, 5.41) is 36.6. The molecule has 0 spiro atoms. The number of quaternary nitrogens is 1. The molecule has 0 aromatic carbocycles. The number of hydrogen-bond donors (Lipinski definition) is 5. The van der Waals surface area contributed by atoms with E-state index in [1.165, 1.54) is 0 Å². The Labute approximate surface area is 82.6 Å². The summed E-state index contributed by atoms with van der Waals surface area (Å²) in [7, 11) is 0. The second-order valence-electron chi connectivity index (χ2n) is 3.39. The monoisotopic (exact) mass is 213 g/mol. The summed E-state index contributed by atoms with van der Waals surface area (Å²) >= 11 is 0. The molecule has 1 aliphatic rings. The van der Waals surface area contributed by atoms with Gasteiger partial charge >= 0.3 is 0 Å². The molecule has 13 heavy (non-hydrogen) atoms. The summed E-state index contributed by atoms with van der Waals surface area (Å²) in [6, 6.07) is -0.205. The van der Waals surface area contributed by atoms with Gasteiger partial charge in [-0.3, -0.25) is 0 Å². The fraction of sp³-hybridized carbons (Fsp3) is 1.00. The van der Waals surface area contributed by atoms with Gasteiger partial charge in [-0.1, -0.05) is 0 Å². The Morgan fingerprint density at radius 2 is 1.69 bits per heavy atom. The molecule has 1 rings (SSSR count). The molecule has 0 amide bonds. The molecule has 6 heteroatoms. The SMILES string of the molecule is [Cl-].[NH3+][C@@H]1C[C@H](O)[C@H](O)[C@H](O)[C@@H]1CO. The predicted octanol–water partition coefficient (Wildman–Crippen LogP) is -6.30. The fourth-order valence-corrected chi connectivity index (χ4v) is 1.64. The Bertz CT molecular complexity index is 159. The highest BCUT2D eigenvalue weighted by Crippen LogP contribution is 2.23. The summed E-state index contributed by atoms with van der Waals surface area (Å²) in [6.07, 6.45) is -2.82. The minimum Gasteiger partial charge on any atom is -1.00 e. The summed E-state index contributed by atoms with van der Waals surface area (Å²) < 4.78 is 0. The van der Waals surface area contributed by atoms with E-state index in [0.717, 1.165) is 0 Å². The van der Waals surface area contributed by atoms with Gasteiger partial charge in [0.25, 0.3) is 0 Å². The first-order valence-corrected chi connectivity index (χ1v) is 4.06. The van der Waals surface area contributed by atoms with Gasteiger partial charge in [0.1, 0.15) is 6.10 Å². The summed E-state index contributed by atoms with van der Waals surface area (Å²) in [4.78, 5) is 0. The van der Waals surface area contributed by atoms with Gasteiger partial charge in [0.2, 0.25) is 0 Å². The molecule has 0 bridgehead atoms. The van der Waals surface area contributed by atoms with Gasteiger partial charge in [-0.25, -0.2) is 0 Å². The zero-order chi connectivity index (χ0) is 9.30. The highest BCUT2D eigenvalue weighted by Gasteiger charge is 2.42. The molecule has 0 heterocycles. The lowest BCUT2D eigenvalue weighted by atomic mass is 9.80. The minimum absolute atomic E-state index is 0. The van der Waals surface area contributed by atoms with Crippen LogP contribution in [0.5, 0.6) is 0 Å². The normalized spacial score (nSPS) is 45.5. The van der Waals surface area contributed by atoms with E-state index in [2.05, 4.69) is 5.73 Å². The van der Waals surface area contributed by atoms with Gasteiger partial charge in [-0.2, -0.15) is 0 Å². The largest absolute Gasteiger partial charge is 1.00 e. The summed E-state index contributed by atoms with van der Waals surface area (Å²) in [5.74, 6) is -0.427. The van der Waals surface area contributed by atoms with Crippen LogP contribution in [-0.4, -0.2) is 51.4 Å². The Balaban J connectivity index is 0.00000144. The minimum atomic E-state index is -1.15. The van der Waals surface area contributed by atoms with E-state index in [-0.39, 0.29) is 25.1 Å². The Morgan fingerprint density at radius 3 is 2.15 bits per heavy atom. The number of halogens is 1. The number of aliphatic hydroxyl groups excluding tert-OH is 4. The van der Waals surface area contributed by atoms with Crippen molar-refractivity contribution >= 4 is 0 Å². The molecule has 5 nitrogen and oxygen atoms in total. The van der Waals surface area contributed by atoms with Crippen LogP contribution in [0.25, 0.3) is 0 Å². The van der Waals surface area contributed by atoms with Crippen molar-refractivity contribution in [2.24, 2.45) is 5.92 Å². The summed E-state index contributed by atoms with van der Waals surface area (Å²) in [5.41, 5.74) is 3.69. The topological polar surface area (TPSA) is 109 Å². The second-order valence-corrected chi connectivity index (χ2v) is 3.39. The van der Waals surface area contributed by atoms with Crippen LogP contribution in [0, 0.1) is 5.92 Å². The third kappa shape index (κ3) is 2.52. The third-order valence-corrected chi connectivity index (χ3v) is 2.54. The quantitative estimate of drug-likeness (QED) is 0.299. The maximum atomic E-state index is 9.37. The Morgan fingerprint density at radius 1 is 1.15 bits per heavy atom. The lowest BCUT2D eigenvalue weighted by molar-refractivity contribution is -0.452. The zero-order valence-corrected chi connectivity index (χ0v) is 7.93. The van der Waals surface area contributed by atoms with Crippen LogP contribution in [0.15, 0.2) is 0 Å². The molecular weight excluding hydrogens is 198 g/mol. The van der Waals surface area contributed by atoms with Crippen molar-refractivity contribution < 1.29 is 38.6 Å². The van der Waals surface area contributed by atoms with Crippen molar-refractivity contribution in [3.8, 4) is 0 Å². The van der Waals surface area contributed by atoms with Crippen molar-refractivity contribution in [1.82, 2.24) is 0 Å². The van der Waals surface area contributed by atoms with E-state index < -0.39 is 24.2 Å². The van der Waals surface area contributed by atoms with E-state index in [0.29, 0.717) is 6.42 Å². The van der Waals surface area contributed by atoms with Crippen LogP contribution in [0.3, 0.4) is 0 Å². The lowest BCUT2D eigenvalue weighted by Crippen LogP contribution is -3.00. The first-order chi connectivity index (χ1) is 5.57. The van der Waals surface area contributed by atoms with E-state index in [1.54, 1.807) is 0 Å². The molecule has 80 valence electrons. The molecule has 0 saturated heterocycles. The van der Waals surface area contributed by atoms with Crippen LogP contribution in [0.2, 0.25) is 0 Å². The molecule has 0 unspecified atom stereocenters. The lowest BCUT2D eigenvalue weighted by Gasteiger charge is -2.36. The van der Waals surface area contributed by atoms with E-state index in [1.807, 2.05) is 0 Å². The van der Waals surface area contributed by atoms with Gasteiger partial charge in [0, 0.05) is 6.42 Å². The van der Waals surface area contributed by atoms with E-state index in [9.17, 15) is 15.3 Å². The molecule has 0 aromatic heterocycles. The zero-order valence-electron chi connectivity index (χ0n) is 7.17. The molecular formula is C7H16ClNO4. The highest BCUT2D eigenvalue weighted by atomic mass is 35.5. The molecule has 1 fully saturated rings. The standard InChI is InChI=1S/C7H15NO4.ClH/c8-4-1-5(10)7(12)6(11)3(4)2-9;/h3-7,9-12H,1-2,8H2;1H/t3-,4-,5+,6-,7+;/m1./s1. The summed E-state index contributed by atoms with van der Waals surface area (Å²) in [6.45, 7) is -0.209. The van der Waals surface area contributed by atoms with Gasteiger partial charge in [0.05, 0.1) is 30.8 Å². The van der Waals surface area contributed by atoms with Crippen LogP contribution < -0.4 is 18.1 Å². The molecule has 1 saturated carbocycles.